The van der Waals surface area contributed by atoms with Crippen molar-refractivity contribution in [1.29, 1.82) is 0 Å². The van der Waals surface area contributed by atoms with E-state index in [0.717, 1.165) is 0 Å². The van der Waals surface area contributed by atoms with E-state index in [1.165, 1.54) is 18.2 Å². The van der Waals surface area contributed by atoms with Gasteiger partial charge in [-0.3, -0.25) is 4.79 Å². The summed E-state index contributed by atoms with van der Waals surface area (Å²) in [5.74, 6) is -1.38. The molecule has 0 aliphatic rings. The lowest BCUT2D eigenvalue weighted by Gasteiger charge is -2.06. The number of amides is 1. The van der Waals surface area contributed by atoms with E-state index < -0.39 is 5.97 Å². The van der Waals surface area contributed by atoms with Crippen molar-refractivity contribution in [2.75, 3.05) is 11.9 Å². The van der Waals surface area contributed by atoms with E-state index in [0.29, 0.717) is 5.69 Å². The molecule has 0 fully saturated rings. The van der Waals surface area contributed by atoms with Gasteiger partial charge in [0.15, 0.2) is 0 Å². The first-order chi connectivity index (χ1) is 7.52. The molecule has 1 aromatic rings. The minimum absolute atomic E-state index is 0.0237. The number of hydrogen-bond acceptors (Lipinski definition) is 3. The summed E-state index contributed by atoms with van der Waals surface area (Å²) in [5, 5.41) is 11.5. The summed E-state index contributed by atoms with van der Waals surface area (Å²) in [6.45, 7) is 0.234. The molecule has 5 nitrogen and oxygen atoms in total. The van der Waals surface area contributed by atoms with Gasteiger partial charge in [0.25, 0.3) is 0 Å². The van der Waals surface area contributed by atoms with Crippen molar-refractivity contribution in [2.45, 2.75) is 6.42 Å². The fraction of sp³-hybridized carbons (Fsp3) is 0.200. The largest absolute Gasteiger partial charge is 0.478 e. The minimum Gasteiger partial charge on any atom is -0.478 e. The molecular weight excluding hydrogens is 232 g/mol. The third-order valence-corrected chi connectivity index (χ3v) is 2.02. The van der Waals surface area contributed by atoms with Crippen LogP contribution < -0.4 is 11.1 Å². The fourth-order valence-corrected chi connectivity index (χ4v) is 1.37. The second kappa shape index (κ2) is 5.48. The first-order valence-electron chi connectivity index (χ1n) is 4.56. The van der Waals surface area contributed by atoms with E-state index in [4.69, 9.17) is 22.4 Å². The lowest BCUT2D eigenvalue weighted by atomic mass is 10.2. The summed E-state index contributed by atoms with van der Waals surface area (Å²) < 4.78 is 0. The van der Waals surface area contributed by atoms with Crippen LogP contribution in [0.4, 0.5) is 5.69 Å². The van der Waals surface area contributed by atoms with E-state index in [2.05, 4.69) is 5.32 Å². The smallest absolute Gasteiger partial charge is 0.335 e. The van der Waals surface area contributed by atoms with Gasteiger partial charge in [0.1, 0.15) is 0 Å². The third-order valence-electron chi connectivity index (χ3n) is 1.80. The van der Waals surface area contributed by atoms with Crippen LogP contribution in [0, 0.1) is 0 Å². The van der Waals surface area contributed by atoms with Crippen LogP contribution in [0.15, 0.2) is 18.2 Å². The predicted molar refractivity (Wildman–Crippen MR) is 60.7 cm³/mol. The summed E-state index contributed by atoms with van der Waals surface area (Å²) in [6.07, 6.45) is 0.176. The molecule has 0 atom stereocenters. The maximum absolute atomic E-state index is 11.2. The van der Waals surface area contributed by atoms with Crippen LogP contribution in [0.3, 0.4) is 0 Å². The maximum Gasteiger partial charge on any atom is 0.335 e. The summed E-state index contributed by atoms with van der Waals surface area (Å²) in [7, 11) is 0. The van der Waals surface area contributed by atoms with Crippen molar-refractivity contribution in [3.05, 3.63) is 28.8 Å². The summed E-state index contributed by atoms with van der Waals surface area (Å²) in [5.41, 5.74) is 5.58. The van der Waals surface area contributed by atoms with Gasteiger partial charge >= 0.3 is 5.97 Å². The van der Waals surface area contributed by atoms with E-state index in [1.54, 1.807) is 0 Å². The number of anilines is 1. The molecule has 6 heteroatoms. The highest BCUT2D eigenvalue weighted by atomic mass is 35.5. The Morgan fingerprint density at radius 2 is 2.06 bits per heavy atom. The van der Waals surface area contributed by atoms with Crippen LogP contribution in [-0.4, -0.2) is 23.5 Å². The topological polar surface area (TPSA) is 92.4 Å². The van der Waals surface area contributed by atoms with Crippen LogP contribution in [0.5, 0.6) is 0 Å². The molecular formula is C10H11ClN2O3. The van der Waals surface area contributed by atoms with Gasteiger partial charge in [-0.1, -0.05) is 11.6 Å². The Bertz CT molecular complexity index is 421. The van der Waals surface area contributed by atoms with Crippen LogP contribution in [0.2, 0.25) is 5.02 Å². The third kappa shape index (κ3) is 3.52. The van der Waals surface area contributed by atoms with Gasteiger partial charge in [0.2, 0.25) is 5.91 Å². The normalized spacial score (nSPS) is 9.88. The number of carboxylic acid groups (broad SMARTS) is 1. The van der Waals surface area contributed by atoms with Gasteiger partial charge < -0.3 is 16.2 Å². The maximum atomic E-state index is 11.2. The first-order valence-corrected chi connectivity index (χ1v) is 4.94. The predicted octanol–water partition coefficient (Wildman–Crippen LogP) is 1.33. The van der Waals surface area contributed by atoms with Crippen molar-refractivity contribution in [1.82, 2.24) is 0 Å². The van der Waals surface area contributed by atoms with Crippen molar-refractivity contribution in [3.63, 3.8) is 0 Å². The zero-order chi connectivity index (χ0) is 12.1. The fourth-order valence-electron chi connectivity index (χ4n) is 1.14. The molecule has 1 rings (SSSR count). The number of halogens is 1. The number of rotatable bonds is 4. The molecule has 0 heterocycles. The Balaban J connectivity index is 2.88. The average molecular weight is 243 g/mol. The van der Waals surface area contributed by atoms with Crippen LogP contribution in [0.1, 0.15) is 16.8 Å². The lowest BCUT2D eigenvalue weighted by molar-refractivity contribution is -0.116. The monoisotopic (exact) mass is 242 g/mol. The number of nitrogens with two attached hydrogens (primary N) is 1. The molecule has 0 aliphatic heterocycles. The Labute approximate surface area is 97.2 Å². The zero-order valence-corrected chi connectivity index (χ0v) is 9.12. The summed E-state index contributed by atoms with van der Waals surface area (Å²) in [4.78, 5) is 21.9. The van der Waals surface area contributed by atoms with E-state index >= 15 is 0 Å². The quantitative estimate of drug-likeness (QED) is 0.743. The van der Waals surface area contributed by atoms with Crippen LogP contribution in [0.25, 0.3) is 0 Å². The van der Waals surface area contributed by atoms with Gasteiger partial charge in [0, 0.05) is 23.7 Å². The number of benzene rings is 1. The summed E-state index contributed by atoms with van der Waals surface area (Å²) >= 11 is 5.72. The van der Waals surface area contributed by atoms with Gasteiger partial charge in [0.05, 0.1) is 5.56 Å². The molecule has 0 bridgehead atoms. The van der Waals surface area contributed by atoms with Crippen molar-refractivity contribution < 1.29 is 14.7 Å². The zero-order valence-electron chi connectivity index (χ0n) is 8.37. The van der Waals surface area contributed by atoms with Gasteiger partial charge in [-0.2, -0.15) is 0 Å². The van der Waals surface area contributed by atoms with E-state index in [9.17, 15) is 9.59 Å². The van der Waals surface area contributed by atoms with Gasteiger partial charge in [-0.05, 0) is 18.2 Å². The van der Waals surface area contributed by atoms with Crippen molar-refractivity contribution in [2.24, 2.45) is 5.73 Å². The average Bonchev–Trinajstić information content (AvgIpc) is 2.16. The molecule has 4 N–H and O–H groups in total. The lowest BCUT2D eigenvalue weighted by Crippen LogP contribution is -2.16. The molecule has 16 heavy (non-hydrogen) atoms. The van der Waals surface area contributed by atoms with Crippen molar-refractivity contribution in [3.8, 4) is 0 Å². The Kier molecular flexibility index (Phi) is 4.28. The van der Waals surface area contributed by atoms with E-state index in [1.807, 2.05) is 0 Å². The number of carboxylic acids is 1. The van der Waals surface area contributed by atoms with Gasteiger partial charge in [-0.15, -0.1) is 0 Å². The molecule has 1 aromatic carbocycles. The Morgan fingerprint density at radius 3 is 2.62 bits per heavy atom. The number of hydrogen-bond donors (Lipinski definition) is 3. The molecule has 0 aromatic heterocycles. The Hall–Kier alpha value is -1.59. The highest BCUT2D eigenvalue weighted by Crippen LogP contribution is 2.19. The Morgan fingerprint density at radius 1 is 1.38 bits per heavy atom. The molecule has 1 amide bonds. The number of nitrogens with one attached hydrogen (secondary N) is 1. The highest BCUT2D eigenvalue weighted by Gasteiger charge is 2.08. The SMILES string of the molecule is NCCC(=O)Nc1cc(Cl)cc(C(=O)O)c1. The van der Waals surface area contributed by atoms with E-state index in [-0.39, 0.29) is 29.5 Å². The second-order valence-corrected chi connectivity index (χ2v) is 3.56. The first kappa shape index (κ1) is 12.5. The number of aromatic carboxylic acids is 1. The standard InChI is InChI=1S/C10H11ClN2O3/c11-7-3-6(10(15)16)4-8(5-7)13-9(14)1-2-12/h3-5H,1-2,12H2,(H,13,14)(H,15,16). The highest BCUT2D eigenvalue weighted by molar-refractivity contribution is 6.31. The number of carbonyl (C=O) groups excluding carboxylic acids is 1. The van der Waals surface area contributed by atoms with Gasteiger partial charge in [-0.25, -0.2) is 4.79 Å². The minimum atomic E-state index is -1.10. The second-order valence-electron chi connectivity index (χ2n) is 3.12. The van der Waals surface area contributed by atoms with Crippen molar-refractivity contribution >= 4 is 29.2 Å². The van der Waals surface area contributed by atoms with Crippen LogP contribution >= 0.6 is 11.6 Å². The molecule has 0 spiro atoms. The molecule has 0 saturated heterocycles. The molecule has 86 valence electrons. The number of carbonyl (C=O) groups is 2. The molecule has 0 radical (unpaired) electrons. The molecule has 0 saturated carbocycles. The molecule has 0 aliphatic carbocycles. The molecule has 0 unspecified atom stereocenters. The van der Waals surface area contributed by atoms with Crippen LogP contribution in [-0.2, 0) is 4.79 Å². The summed E-state index contributed by atoms with van der Waals surface area (Å²) in [6, 6.07) is 4.12.